The van der Waals surface area contributed by atoms with Crippen LogP contribution in [0.15, 0.2) is 48.6 Å². The summed E-state index contributed by atoms with van der Waals surface area (Å²) in [4.78, 5) is 24.6. The summed E-state index contributed by atoms with van der Waals surface area (Å²) in [6, 6.07) is -0.629. The van der Waals surface area contributed by atoms with Crippen LogP contribution >= 0.6 is 0 Å². The van der Waals surface area contributed by atoms with Crippen LogP contribution in [0.3, 0.4) is 0 Å². The van der Waals surface area contributed by atoms with Gasteiger partial charge in [0.05, 0.1) is 25.4 Å². The molecule has 470 valence electrons. The van der Waals surface area contributed by atoms with E-state index in [4.69, 9.17) is 4.74 Å². The molecule has 6 nitrogen and oxygen atoms in total. The highest BCUT2D eigenvalue weighted by atomic mass is 16.5. The number of nitrogens with one attached hydrogen (secondary N) is 1. The summed E-state index contributed by atoms with van der Waals surface area (Å²) in [5, 5.41) is 23.2. The number of carbonyl (C=O) groups excluding carboxylic acids is 2. The first-order valence-corrected chi connectivity index (χ1v) is 35.9. The van der Waals surface area contributed by atoms with Gasteiger partial charge in [0, 0.05) is 12.8 Å². The lowest BCUT2D eigenvalue weighted by Crippen LogP contribution is -2.45. The third-order valence-electron chi connectivity index (χ3n) is 16.6. The van der Waals surface area contributed by atoms with Gasteiger partial charge in [-0.3, -0.25) is 9.59 Å². The van der Waals surface area contributed by atoms with Crippen molar-refractivity contribution in [2.75, 3.05) is 13.2 Å². The molecule has 1 amide bonds. The summed E-state index contributed by atoms with van der Waals surface area (Å²) in [5.74, 6) is -0.0607. The van der Waals surface area contributed by atoms with E-state index in [1.165, 1.54) is 308 Å². The van der Waals surface area contributed by atoms with Gasteiger partial charge < -0.3 is 20.3 Å². The molecule has 2 atom stereocenters. The molecule has 0 aromatic rings. The monoisotopic (exact) mass is 1120 g/mol. The third-order valence-corrected chi connectivity index (χ3v) is 16.6. The standard InChI is InChI=1S/C74H139NO5/c1-3-5-7-9-11-13-15-17-18-19-33-36-39-43-46-50-54-58-62-66-72(77)71(70-76)75-73(78)67-63-59-55-51-47-44-40-37-34-31-29-27-25-23-21-20-22-24-26-28-30-32-35-38-41-45-49-53-57-61-65-69-80-74(79)68-64-60-56-52-48-42-16-14-12-10-8-6-4-2/h14,16,22,24,28,30,62,66,71-72,76-77H,3-13,15,17-21,23,25-27,29,31-61,63-65,67-70H2,1-2H3,(H,75,78)/b16-14-,24-22-,30-28-,66-62+. The number of ether oxygens (including phenoxy) is 1. The number of hydrogen-bond acceptors (Lipinski definition) is 5. The second-order valence-corrected chi connectivity index (χ2v) is 24.6. The fourth-order valence-corrected chi connectivity index (χ4v) is 11.1. The Morgan fingerprint density at radius 3 is 0.975 bits per heavy atom. The van der Waals surface area contributed by atoms with Crippen LogP contribution in [-0.4, -0.2) is 47.4 Å². The zero-order chi connectivity index (χ0) is 57.8. The summed E-state index contributed by atoms with van der Waals surface area (Å²) >= 11 is 0. The minimum Gasteiger partial charge on any atom is -0.466 e. The average Bonchev–Trinajstić information content (AvgIpc) is 3.46. The first-order chi connectivity index (χ1) is 39.5. The lowest BCUT2D eigenvalue weighted by Gasteiger charge is -2.20. The Kier molecular flexibility index (Phi) is 67.4. The highest BCUT2D eigenvalue weighted by molar-refractivity contribution is 5.76. The maximum atomic E-state index is 12.5. The van der Waals surface area contributed by atoms with Crippen molar-refractivity contribution < 1.29 is 24.5 Å². The third kappa shape index (κ3) is 65.0. The number of amides is 1. The van der Waals surface area contributed by atoms with E-state index in [1.807, 2.05) is 6.08 Å². The summed E-state index contributed by atoms with van der Waals surface area (Å²) < 4.78 is 5.48. The molecular weight excluding hydrogens is 983 g/mol. The van der Waals surface area contributed by atoms with Gasteiger partial charge in [-0.15, -0.1) is 0 Å². The van der Waals surface area contributed by atoms with Gasteiger partial charge in [-0.05, 0) is 89.9 Å². The molecular formula is C74H139NO5. The molecule has 0 fully saturated rings. The number of allylic oxidation sites excluding steroid dienone is 7. The number of esters is 1. The summed E-state index contributed by atoms with van der Waals surface area (Å²) in [7, 11) is 0. The average molecular weight is 1120 g/mol. The maximum Gasteiger partial charge on any atom is 0.305 e. The molecule has 0 aliphatic carbocycles. The van der Waals surface area contributed by atoms with Gasteiger partial charge in [-0.2, -0.15) is 0 Å². The lowest BCUT2D eigenvalue weighted by molar-refractivity contribution is -0.143. The van der Waals surface area contributed by atoms with Crippen LogP contribution in [0.2, 0.25) is 0 Å². The number of hydrogen-bond donors (Lipinski definition) is 3. The van der Waals surface area contributed by atoms with Crippen LogP contribution in [-0.2, 0) is 14.3 Å². The molecule has 0 aliphatic rings. The largest absolute Gasteiger partial charge is 0.466 e. The van der Waals surface area contributed by atoms with Gasteiger partial charge in [0.1, 0.15) is 0 Å². The second-order valence-electron chi connectivity index (χ2n) is 24.6. The zero-order valence-corrected chi connectivity index (χ0v) is 53.8. The normalized spacial score (nSPS) is 12.8. The van der Waals surface area contributed by atoms with Crippen LogP contribution in [0.1, 0.15) is 386 Å². The molecule has 3 N–H and O–H groups in total. The van der Waals surface area contributed by atoms with Crippen molar-refractivity contribution in [1.29, 1.82) is 0 Å². The number of rotatable bonds is 67. The molecule has 0 rings (SSSR count). The minimum atomic E-state index is -0.845. The van der Waals surface area contributed by atoms with Crippen molar-refractivity contribution in [2.24, 2.45) is 0 Å². The van der Waals surface area contributed by atoms with Crippen molar-refractivity contribution in [1.82, 2.24) is 5.32 Å². The number of aliphatic hydroxyl groups is 2. The highest BCUT2D eigenvalue weighted by Crippen LogP contribution is 2.18. The van der Waals surface area contributed by atoms with E-state index in [-0.39, 0.29) is 18.5 Å². The van der Waals surface area contributed by atoms with E-state index >= 15 is 0 Å². The summed E-state index contributed by atoms with van der Waals surface area (Å²) in [5.41, 5.74) is 0. The molecule has 80 heavy (non-hydrogen) atoms. The van der Waals surface area contributed by atoms with Crippen LogP contribution in [0.4, 0.5) is 0 Å². The van der Waals surface area contributed by atoms with E-state index in [0.29, 0.717) is 19.4 Å². The van der Waals surface area contributed by atoms with E-state index in [0.717, 1.165) is 51.4 Å². The molecule has 0 saturated carbocycles. The van der Waals surface area contributed by atoms with Crippen molar-refractivity contribution in [3.63, 3.8) is 0 Å². The second kappa shape index (κ2) is 69.3. The Balaban J connectivity index is 3.42. The SMILES string of the molecule is CCCCCC/C=C\CCCCCCCC(=O)OCCCCCCCCCCC/C=C\C/C=C\CCCCCCCCCCCCCCCCCC(=O)NC(CO)C(O)/C=C/CCCCCCCCCCCCCCCCCCC. The lowest BCUT2D eigenvalue weighted by atomic mass is 10.0. The van der Waals surface area contributed by atoms with E-state index in [9.17, 15) is 19.8 Å². The van der Waals surface area contributed by atoms with Crippen molar-refractivity contribution in [3.05, 3.63) is 48.6 Å². The van der Waals surface area contributed by atoms with Crippen LogP contribution in [0.25, 0.3) is 0 Å². The Labute approximate surface area is 499 Å². The predicted octanol–water partition coefficient (Wildman–Crippen LogP) is 23.3. The van der Waals surface area contributed by atoms with Gasteiger partial charge in [-0.1, -0.05) is 332 Å². The van der Waals surface area contributed by atoms with Crippen LogP contribution in [0, 0.1) is 0 Å². The minimum absolute atomic E-state index is 0.00370. The molecule has 6 heteroatoms. The molecule has 0 spiro atoms. The molecule has 0 aromatic carbocycles. The highest BCUT2D eigenvalue weighted by Gasteiger charge is 2.18. The van der Waals surface area contributed by atoms with Gasteiger partial charge in [0.25, 0.3) is 0 Å². The maximum absolute atomic E-state index is 12.5. The fourth-order valence-electron chi connectivity index (χ4n) is 11.1. The van der Waals surface area contributed by atoms with Gasteiger partial charge in [0.15, 0.2) is 0 Å². The topological polar surface area (TPSA) is 95.9 Å². The zero-order valence-electron chi connectivity index (χ0n) is 53.8. The molecule has 0 heterocycles. The van der Waals surface area contributed by atoms with Crippen molar-refractivity contribution >= 4 is 11.9 Å². The Bertz CT molecular complexity index is 1340. The van der Waals surface area contributed by atoms with Gasteiger partial charge in [0.2, 0.25) is 5.91 Å². The first-order valence-electron chi connectivity index (χ1n) is 35.9. The van der Waals surface area contributed by atoms with Gasteiger partial charge >= 0.3 is 5.97 Å². The molecule has 2 unspecified atom stereocenters. The van der Waals surface area contributed by atoms with Crippen molar-refractivity contribution in [2.45, 2.75) is 398 Å². The summed E-state index contributed by atoms with van der Waals surface area (Å²) in [6.07, 6.45) is 90.5. The van der Waals surface area contributed by atoms with Gasteiger partial charge in [-0.25, -0.2) is 0 Å². The van der Waals surface area contributed by atoms with Crippen molar-refractivity contribution in [3.8, 4) is 0 Å². The molecule has 0 aromatic heterocycles. The van der Waals surface area contributed by atoms with Crippen LogP contribution in [0.5, 0.6) is 0 Å². The number of carbonyl (C=O) groups is 2. The Morgan fingerprint density at radius 1 is 0.350 bits per heavy atom. The van der Waals surface area contributed by atoms with Crippen LogP contribution < -0.4 is 5.32 Å². The van der Waals surface area contributed by atoms with E-state index in [1.54, 1.807) is 6.08 Å². The quantitative estimate of drug-likeness (QED) is 0.0320. The number of aliphatic hydroxyl groups excluding tert-OH is 2. The molecule has 0 radical (unpaired) electrons. The van der Waals surface area contributed by atoms with E-state index < -0.39 is 12.1 Å². The number of unbranched alkanes of at least 4 members (excludes halogenated alkanes) is 50. The molecule has 0 saturated heterocycles. The first kappa shape index (κ1) is 77.8. The summed E-state index contributed by atoms with van der Waals surface area (Å²) in [6.45, 7) is 4.91. The molecule has 0 bridgehead atoms. The predicted molar refractivity (Wildman–Crippen MR) is 352 cm³/mol. The Hall–Kier alpha value is -2.18. The smallest absolute Gasteiger partial charge is 0.305 e. The fraction of sp³-hybridized carbons (Fsp3) is 0.865. The Morgan fingerprint density at radius 2 is 0.625 bits per heavy atom. The molecule has 0 aliphatic heterocycles. The van der Waals surface area contributed by atoms with E-state index in [2.05, 4.69) is 55.6 Å².